The van der Waals surface area contributed by atoms with Crippen LogP contribution in [-0.4, -0.2) is 12.6 Å². The highest BCUT2D eigenvalue weighted by atomic mass is 19.3. The van der Waals surface area contributed by atoms with Crippen LogP contribution in [0.4, 0.5) is 17.6 Å². The Morgan fingerprint density at radius 3 is 2.36 bits per heavy atom. The van der Waals surface area contributed by atoms with Crippen LogP contribution >= 0.6 is 0 Å². The Labute approximate surface area is 211 Å². The largest absolute Gasteiger partial charge is 0.432 e. The van der Waals surface area contributed by atoms with Crippen molar-refractivity contribution in [3.8, 4) is 11.5 Å². The van der Waals surface area contributed by atoms with Gasteiger partial charge in [-0.05, 0) is 100 Å². The average Bonchev–Trinajstić information content (AvgIpc) is 2.88. The van der Waals surface area contributed by atoms with Crippen LogP contribution in [-0.2, 0) is 4.79 Å². The number of carbonyl (C=O) groups is 1. The van der Waals surface area contributed by atoms with E-state index in [0.717, 1.165) is 56.1 Å². The minimum absolute atomic E-state index is 0.203. The van der Waals surface area contributed by atoms with Gasteiger partial charge in [-0.2, -0.15) is 17.6 Å². The van der Waals surface area contributed by atoms with Gasteiger partial charge in [0.25, 0.3) is 0 Å². The number of ether oxygens (including phenoxy) is 2. The molecule has 200 valence electrons. The molecule has 0 aliphatic heterocycles. The molecule has 7 heteroatoms. The molecule has 0 amide bonds. The molecule has 3 aliphatic rings. The summed E-state index contributed by atoms with van der Waals surface area (Å²) in [7, 11) is 0. The van der Waals surface area contributed by atoms with Crippen LogP contribution in [0.5, 0.6) is 11.5 Å². The first-order chi connectivity index (χ1) is 17.4. The third-order valence-electron chi connectivity index (χ3n) is 8.96. The van der Waals surface area contributed by atoms with Gasteiger partial charge in [0.05, 0.1) is 5.92 Å². The molecule has 4 atom stereocenters. The van der Waals surface area contributed by atoms with Gasteiger partial charge in [-0.25, -0.2) is 0 Å². The summed E-state index contributed by atoms with van der Waals surface area (Å²) in [6.45, 7) is -1.20. The zero-order valence-corrected chi connectivity index (χ0v) is 21.1. The molecule has 3 aliphatic carbocycles. The zero-order valence-electron chi connectivity index (χ0n) is 21.1. The second-order valence-corrected chi connectivity index (χ2v) is 11.0. The fourth-order valence-electron chi connectivity index (χ4n) is 7.13. The third kappa shape index (κ3) is 6.44. The predicted molar refractivity (Wildman–Crippen MR) is 130 cm³/mol. The maximum Gasteiger partial charge on any atom is 0.387 e. The minimum atomic E-state index is -3.28. The number of fused-ring (bicyclic) bond motifs is 1. The van der Waals surface area contributed by atoms with Crippen LogP contribution in [0.1, 0.15) is 84.0 Å². The number of halogens is 4. The maximum absolute atomic E-state index is 14.4. The Balaban J connectivity index is 1.32. The van der Waals surface area contributed by atoms with Gasteiger partial charge in [-0.1, -0.05) is 37.8 Å². The van der Waals surface area contributed by atoms with Crippen molar-refractivity contribution in [3.63, 3.8) is 0 Å². The quantitative estimate of drug-likeness (QED) is 0.152. The topological polar surface area (TPSA) is 35.5 Å². The zero-order chi connectivity index (χ0) is 25.7. The van der Waals surface area contributed by atoms with Crippen molar-refractivity contribution >= 4 is 5.97 Å². The molecule has 0 N–H and O–H groups in total. The molecule has 0 saturated heterocycles. The normalized spacial score (nSPS) is 30.8. The molecule has 1 aromatic rings. The van der Waals surface area contributed by atoms with Crippen molar-refractivity contribution in [2.75, 3.05) is 0 Å². The van der Waals surface area contributed by atoms with Gasteiger partial charge in [0.15, 0.2) is 11.5 Å². The molecule has 1 aromatic carbocycles. The van der Waals surface area contributed by atoms with E-state index in [1.54, 1.807) is 0 Å². The lowest BCUT2D eigenvalue weighted by molar-refractivity contribution is -0.144. The van der Waals surface area contributed by atoms with Crippen LogP contribution < -0.4 is 9.47 Å². The van der Waals surface area contributed by atoms with Crippen molar-refractivity contribution in [1.29, 1.82) is 0 Å². The number of hydrogen-bond donors (Lipinski definition) is 0. The summed E-state index contributed by atoms with van der Waals surface area (Å²) in [6, 6.07) is 1.83. The number of allylic oxidation sites excluding steroid dienone is 2. The summed E-state index contributed by atoms with van der Waals surface area (Å²) in [5, 5.41) is 0. The second kappa shape index (κ2) is 12.5. The Morgan fingerprint density at radius 2 is 1.64 bits per heavy atom. The number of esters is 1. The first kappa shape index (κ1) is 27.0. The van der Waals surface area contributed by atoms with Gasteiger partial charge in [0.1, 0.15) is 0 Å². The number of carbonyl (C=O) groups excluding carboxylic acids is 1. The molecular weight excluding hydrogens is 472 g/mol. The average molecular weight is 511 g/mol. The van der Waals surface area contributed by atoms with Gasteiger partial charge in [0, 0.05) is 0 Å². The molecule has 0 heterocycles. The number of benzene rings is 1. The second-order valence-electron chi connectivity index (χ2n) is 11.0. The van der Waals surface area contributed by atoms with Crippen LogP contribution in [0.15, 0.2) is 24.3 Å². The lowest BCUT2D eigenvalue weighted by atomic mass is 9.59. The molecule has 0 aromatic heterocycles. The van der Waals surface area contributed by atoms with Gasteiger partial charge in [-0.3, -0.25) is 4.79 Å². The molecule has 3 nitrogen and oxygen atoms in total. The highest BCUT2D eigenvalue weighted by molar-refractivity contribution is 5.75. The fourth-order valence-corrected chi connectivity index (χ4v) is 7.13. The highest BCUT2D eigenvalue weighted by Crippen LogP contribution is 2.50. The van der Waals surface area contributed by atoms with Crippen molar-refractivity contribution < 1.29 is 31.8 Å². The third-order valence-corrected chi connectivity index (χ3v) is 8.96. The van der Waals surface area contributed by atoms with E-state index in [0.29, 0.717) is 18.3 Å². The minimum Gasteiger partial charge on any atom is -0.432 e. The van der Waals surface area contributed by atoms with E-state index in [1.807, 2.05) is 0 Å². The molecular formula is C29H38F4O3. The summed E-state index contributed by atoms with van der Waals surface area (Å²) >= 11 is 0. The molecule has 0 radical (unpaired) electrons. The van der Waals surface area contributed by atoms with Gasteiger partial charge in [0.2, 0.25) is 11.6 Å². The van der Waals surface area contributed by atoms with Crippen molar-refractivity contribution in [2.45, 2.75) is 90.6 Å². The van der Waals surface area contributed by atoms with E-state index in [2.05, 4.69) is 23.8 Å². The van der Waals surface area contributed by atoms with E-state index in [4.69, 9.17) is 4.74 Å². The SMILES string of the molecule is C/C=C/CCC1CCC(C2CCC3C(CCCC3C(=O)Oc3ccc(OC(F)F)c(F)c3F)C2)CC1. The predicted octanol–water partition coefficient (Wildman–Crippen LogP) is 8.47. The number of rotatable bonds is 8. The van der Waals surface area contributed by atoms with Gasteiger partial charge >= 0.3 is 12.6 Å². The summed E-state index contributed by atoms with van der Waals surface area (Å²) in [5.74, 6) is -2.45. The van der Waals surface area contributed by atoms with Crippen molar-refractivity contribution in [1.82, 2.24) is 0 Å². The van der Waals surface area contributed by atoms with Gasteiger partial charge in [-0.15, -0.1) is 0 Å². The van der Waals surface area contributed by atoms with E-state index in [-0.39, 0.29) is 11.8 Å². The summed E-state index contributed by atoms with van der Waals surface area (Å²) < 4.78 is 62.4. The molecule has 0 bridgehead atoms. The lowest BCUT2D eigenvalue weighted by Crippen LogP contribution is -2.40. The van der Waals surface area contributed by atoms with E-state index >= 15 is 0 Å². The van der Waals surface area contributed by atoms with Crippen LogP contribution in [0.2, 0.25) is 0 Å². The Hall–Kier alpha value is -2.05. The summed E-state index contributed by atoms with van der Waals surface area (Å²) in [6.07, 6.45) is 18.1. The maximum atomic E-state index is 14.4. The smallest absolute Gasteiger partial charge is 0.387 e. The van der Waals surface area contributed by atoms with E-state index in [9.17, 15) is 22.4 Å². The van der Waals surface area contributed by atoms with Gasteiger partial charge < -0.3 is 9.47 Å². The lowest BCUT2D eigenvalue weighted by Gasteiger charge is -2.46. The first-order valence-corrected chi connectivity index (χ1v) is 13.6. The van der Waals surface area contributed by atoms with Crippen LogP contribution in [0.25, 0.3) is 0 Å². The molecule has 4 rings (SSSR count). The standard InChI is InChI=1S/C29H38F4O3/c1-2-3-4-6-18-9-11-19(12-10-18)20-13-14-22-21(17-20)7-5-8-23(22)28(34)35-24-15-16-25(36-29(32)33)27(31)26(24)30/h2-3,15-16,18-23,29H,4-14,17H2,1H3/b3-2+. The first-order valence-electron chi connectivity index (χ1n) is 13.6. The highest BCUT2D eigenvalue weighted by Gasteiger charge is 2.43. The number of hydrogen-bond acceptors (Lipinski definition) is 3. The fraction of sp³-hybridized carbons (Fsp3) is 0.690. The monoisotopic (exact) mass is 510 g/mol. The van der Waals surface area contributed by atoms with E-state index < -0.39 is 35.7 Å². The molecule has 3 fully saturated rings. The summed E-state index contributed by atoms with van der Waals surface area (Å²) in [5.41, 5.74) is 0. The van der Waals surface area contributed by atoms with Crippen molar-refractivity contribution in [2.24, 2.45) is 35.5 Å². The molecule has 4 unspecified atom stereocenters. The summed E-state index contributed by atoms with van der Waals surface area (Å²) in [4.78, 5) is 13.0. The van der Waals surface area contributed by atoms with E-state index in [1.165, 1.54) is 38.5 Å². The Morgan fingerprint density at radius 1 is 0.944 bits per heavy atom. The Kier molecular flexibility index (Phi) is 9.35. The van der Waals surface area contributed by atoms with Crippen molar-refractivity contribution in [3.05, 3.63) is 35.9 Å². The number of alkyl halides is 2. The molecule has 3 saturated carbocycles. The van der Waals surface area contributed by atoms with Crippen LogP contribution in [0, 0.1) is 47.1 Å². The molecule has 0 spiro atoms. The Bertz CT molecular complexity index is 910. The molecule has 36 heavy (non-hydrogen) atoms. The van der Waals surface area contributed by atoms with Crippen LogP contribution in [0.3, 0.4) is 0 Å².